The quantitative estimate of drug-likeness (QED) is 0.772. The van der Waals surface area contributed by atoms with E-state index in [0.29, 0.717) is 24.6 Å². The number of H-pyrrole nitrogens is 1. The van der Waals surface area contributed by atoms with Gasteiger partial charge < -0.3 is 9.80 Å². The van der Waals surface area contributed by atoms with Crippen molar-refractivity contribution in [2.75, 3.05) is 31.1 Å². The van der Waals surface area contributed by atoms with Crippen LogP contribution in [0.15, 0.2) is 49.1 Å². The fraction of sp³-hybridized carbons (Fsp3) is 0.278. The second kappa shape index (κ2) is 7.30. The molecule has 1 aliphatic heterocycles. The largest absolute Gasteiger partial charge is 0.339 e. The van der Waals surface area contributed by atoms with Crippen LogP contribution in [0, 0.1) is 0 Å². The predicted octanol–water partition coefficient (Wildman–Crippen LogP) is 1.61. The maximum Gasteiger partial charge on any atom is 0.255 e. The van der Waals surface area contributed by atoms with E-state index in [0.717, 1.165) is 30.9 Å². The number of rotatable bonds is 3. The Bertz CT molecular complexity index is 849. The van der Waals surface area contributed by atoms with Crippen LogP contribution in [0.25, 0.3) is 11.4 Å². The molecule has 26 heavy (non-hydrogen) atoms. The van der Waals surface area contributed by atoms with Crippen LogP contribution in [-0.2, 0) is 0 Å². The first kappa shape index (κ1) is 16.2. The van der Waals surface area contributed by atoms with E-state index in [1.807, 2.05) is 23.1 Å². The van der Waals surface area contributed by atoms with E-state index in [4.69, 9.17) is 0 Å². The van der Waals surface area contributed by atoms with E-state index in [1.54, 1.807) is 30.9 Å². The molecule has 1 aliphatic rings. The molecule has 1 N–H and O–H groups in total. The first-order valence-electron chi connectivity index (χ1n) is 8.58. The number of hydrogen-bond donors (Lipinski definition) is 1. The zero-order valence-electron chi connectivity index (χ0n) is 14.2. The van der Waals surface area contributed by atoms with Gasteiger partial charge in [-0.05, 0) is 30.7 Å². The summed E-state index contributed by atoms with van der Waals surface area (Å²) < 4.78 is 0. The summed E-state index contributed by atoms with van der Waals surface area (Å²) >= 11 is 0. The van der Waals surface area contributed by atoms with Crippen LogP contribution in [0.3, 0.4) is 0 Å². The van der Waals surface area contributed by atoms with Gasteiger partial charge in [-0.1, -0.05) is 0 Å². The average molecular weight is 349 g/mol. The normalized spacial score (nSPS) is 14.9. The molecule has 1 saturated heterocycles. The molecule has 8 heteroatoms. The summed E-state index contributed by atoms with van der Waals surface area (Å²) in [6.45, 7) is 2.91. The summed E-state index contributed by atoms with van der Waals surface area (Å²) in [5.41, 5.74) is 2.19. The van der Waals surface area contributed by atoms with Gasteiger partial charge in [0, 0.05) is 51.0 Å². The molecule has 0 aromatic carbocycles. The van der Waals surface area contributed by atoms with E-state index in [2.05, 4.69) is 30.0 Å². The lowest BCUT2D eigenvalue weighted by molar-refractivity contribution is 0.0766. The zero-order valence-corrected chi connectivity index (χ0v) is 14.2. The number of pyridine rings is 1. The third kappa shape index (κ3) is 3.39. The van der Waals surface area contributed by atoms with Crippen molar-refractivity contribution in [3.05, 3.63) is 54.6 Å². The summed E-state index contributed by atoms with van der Waals surface area (Å²) in [5, 5.41) is 6.79. The van der Waals surface area contributed by atoms with Crippen LogP contribution >= 0.6 is 0 Å². The smallest absolute Gasteiger partial charge is 0.255 e. The van der Waals surface area contributed by atoms with Crippen LogP contribution in [0.5, 0.6) is 0 Å². The second-order valence-electron chi connectivity index (χ2n) is 6.08. The highest BCUT2D eigenvalue weighted by Gasteiger charge is 2.21. The Hall–Kier alpha value is -3.29. The lowest BCUT2D eigenvalue weighted by atomic mass is 10.2. The van der Waals surface area contributed by atoms with Crippen molar-refractivity contribution in [1.82, 2.24) is 30.0 Å². The highest BCUT2D eigenvalue weighted by molar-refractivity contribution is 5.94. The van der Waals surface area contributed by atoms with Gasteiger partial charge in [0.05, 0.1) is 17.0 Å². The predicted molar refractivity (Wildman–Crippen MR) is 96.6 cm³/mol. The molecule has 0 aliphatic carbocycles. The third-order valence-electron chi connectivity index (χ3n) is 4.41. The standard InChI is InChI=1S/C18H19N7O/c26-17(14-3-4-15(21-13-14)16-5-8-22-23-16)24-9-2-10-25(12-11-24)18-19-6-1-7-20-18/h1,3-8,13H,2,9-12H2,(H,22,23). The number of nitrogens with zero attached hydrogens (tertiary/aromatic N) is 6. The summed E-state index contributed by atoms with van der Waals surface area (Å²) in [6, 6.07) is 7.30. The number of nitrogens with one attached hydrogen (secondary N) is 1. The summed E-state index contributed by atoms with van der Waals surface area (Å²) in [7, 11) is 0. The Labute approximate surface area is 150 Å². The topological polar surface area (TPSA) is 90.9 Å². The van der Waals surface area contributed by atoms with Crippen molar-refractivity contribution in [1.29, 1.82) is 0 Å². The van der Waals surface area contributed by atoms with Gasteiger partial charge in [0.1, 0.15) is 0 Å². The molecule has 1 fully saturated rings. The Morgan fingerprint density at radius 1 is 0.962 bits per heavy atom. The number of amides is 1. The number of hydrogen-bond acceptors (Lipinski definition) is 6. The molecule has 0 saturated carbocycles. The first-order valence-corrected chi connectivity index (χ1v) is 8.58. The van der Waals surface area contributed by atoms with E-state index in [-0.39, 0.29) is 5.91 Å². The van der Waals surface area contributed by atoms with Crippen LogP contribution in [-0.4, -0.2) is 62.1 Å². The Kier molecular flexibility index (Phi) is 4.55. The maximum atomic E-state index is 12.8. The van der Waals surface area contributed by atoms with Crippen molar-refractivity contribution >= 4 is 11.9 Å². The van der Waals surface area contributed by atoms with Crippen LogP contribution in [0.1, 0.15) is 16.8 Å². The molecule has 0 bridgehead atoms. The van der Waals surface area contributed by atoms with Crippen LogP contribution < -0.4 is 4.90 Å². The Balaban J connectivity index is 1.43. The molecule has 132 valence electrons. The molecule has 1 amide bonds. The molecule has 8 nitrogen and oxygen atoms in total. The monoisotopic (exact) mass is 349 g/mol. The number of carbonyl (C=O) groups is 1. The van der Waals surface area contributed by atoms with Crippen molar-refractivity contribution in [2.24, 2.45) is 0 Å². The fourth-order valence-electron chi connectivity index (χ4n) is 3.04. The minimum absolute atomic E-state index is 0.00416. The van der Waals surface area contributed by atoms with E-state index in [9.17, 15) is 4.79 Å². The van der Waals surface area contributed by atoms with E-state index >= 15 is 0 Å². The van der Waals surface area contributed by atoms with Crippen molar-refractivity contribution < 1.29 is 4.79 Å². The molecule has 0 unspecified atom stereocenters. The summed E-state index contributed by atoms with van der Waals surface area (Å²) in [6.07, 6.45) is 7.66. The maximum absolute atomic E-state index is 12.8. The highest BCUT2D eigenvalue weighted by atomic mass is 16.2. The number of carbonyl (C=O) groups excluding carboxylic acids is 1. The second-order valence-corrected chi connectivity index (χ2v) is 6.08. The highest BCUT2D eigenvalue weighted by Crippen LogP contribution is 2.16. The van der Waals surface area contributed by atoms with Crippen LogP contribution in [0.4, 0.5) is 5.95 Å². The lowest BCUT2D eigenvalue weighted by Crippen LogP contribution is -2.35. The third-order valence-corrected chi connectivity index (χ3v) is 4.41. The summed E-state index contributed by atoms with van der Waals surface area (Å²) in [5.74, 6) is 0.719. The Morgan fingerprint density at radius 2 is 1.85 bits per heavy atom. The van der Waals surface area contributed by atoms with Gasteiger partial charge in [-0.15, -0.1) is 0 Å². The van der Waals surface area contributed by atoms with Gasteiger partial charge in [-0.3, -0.25) is 14.9 Å². The summed E-state index contributed by atoms with van der Waals surface area (Å²) in [4.78, 5) is 29.8. The Morgan fingerprint density at radius 3 is 2.58 bits per heavy atom. The molecule has 0 atom stereocenters. The van der Waals surface area contributed by atoms with Crippen LogP contribution in [0.2, 0.25) is 0 Å². The van der Waals surface area contributed by atoms with Gasteiger partial charge in [0.2, 0.25) is 5.95 Å². The van der Waals surface area contributed by atoms with Crippen molar-refractivity contribution in [3.63, 3.8) is 0 Å². The molecular weight excluding hydrogens is 330 g/mol. The SMILES string of the molecule is O=C(c1ccc(-c2ccn[nH]2)nc1)N1CCCN(c2ncccn2)CC1. The zero-order chi connectivity index (χ0) is 17.8. The molecular formula is C18H19N7O. The van der Waals surface area contributed by atoms with E-state index in [1.165, 1.54) is 0 Å². The number of aromatic nitrogens is 5. The van der Waals surface area contributed by atoms with Gasteiger partial charge >= 0.3 is 0 Å². The van der Waals surface area contributed by atoms with Gasteiger partial charge in [-0.25, -0.2) is 9.97 Å². The van der Waals surface area contributed by atoms with E-state index < -0.39 is 0 Å². The molecule has 0 spiro atoms. The van der Waals surface area contributed by atoms with Gasteiger partial charge in [0.25, 0.3) is 5.91 Å². The number of aromatic amines is 1. The fourth-order valence-corrected chi connectivity index (χ4v) is 3.04. The van der Waals surface area contributed by atoms with Gasteiger partial charge in [-0.2, -0.15) is 5.10 Å². The molecule has 4 rings (SSSR count). The van der Waals surface area contributed by atoms with Crippen molar-refractivity contribution in [2.45, 2.75) is 6.42 Å². The minimum atomic E-state index is 0.00416. The molecule has 4 heterocycles. The average Bonchev–Trinajstić information content (AvgIpc) is 3.13. The molecule has 3 aromatic rings. The molecule has 0 radical (unpaired) electrons. The minimum Gasteiger partial charge on any atom is -0.339 e. The van der Waals surface area contributed by atoms with Crippen molar-refractivity contribution in [3.8, 4) is 11.4 Å². The first-order chi connectivity index (χ1) is 12.8. The number of anilines is 1. The lowest BCUT2D eigenvalue weighted by Gasteiger charge is -2.22. The van der Waals surface area contributed by atoms with Gasteiger partial charge in [0.15, 0.2) is 0 Å². The molecule has 3 aromatic heterocycles.